The Morgan fingerprint density at radius 2 is 2.13 bits per heavy atom. The lowest BCUT2D eigenvalue weighted by Crippen LogP contribution is -2.38. The van der Waals surface area contributed by atoms with Crippen LogP contribution in [0.15, 0.2) is 48.5 Å². The van der Waals surface area contributed by atoms with Gasteiger partial charge in [-0.05, 0) is 48.7 Å². The van der Waals surface area contributed by atoms with Crippen molar-refractivity contribution in [3.8, 4) is 17.5 Å². The van der Waals surface area contributed by atoms with Gasteiger partial charge in [0.1, 0.15) is 23.2 Å². The number of ether oxygens (including phenoxy) is 1. The maximum absolute atomic E-state index is 12.4. The molecule has 1 amide bonds. The number of nitriles is 1. The molecular formula is C22H20ClN5O2. The molecule has 152 valence electrons. The summed E-state index contributed by atoms with van der Waals surface area (Å²) in [7, 11) is 0. The highest BCUT2D eigenvalue weighted by atomic mass is 35.5. The van der Waals surface area contributed by atoms with Gasteiger partial charge in [-0.1, -0.05) is 29.8 Å². The monoisotopic (exact) mass is 421 g/mol. The number of fused-ring (bicyclic) bond motifs is 1. The number of nitrogens with one attached hydrogen (secondary N) is 1. The number of hydrogen-bond acceptors (Lipinski definition) is 5. The van der Waals surface area contributed by atoms with Gasteiger partial charge in [0.05, 0.1) is 11.4 Å². The summed E-state index contributed by atoms with van der Waals surface area (Å²) >= 11 is 5.99. The SMILES string of the molecule is N#Cc1c(CCCNC(=O)C2Cc3cc(Cl)ccc3O2)nn(-c2ccccc2)c1N. The Morgan fingerprint density at radius 1 is 1.33 bits per heavy atom. The fourth-order valence-electron chi connectivity index (χ4n) is 3.49. The summed E-state index contributed by atoms with van der Waals surface area (Å²) in [5.41, 5.74) is 8.84. The number of nitrogens with zero attached hydrogens (tertiary/aromatic N) is 3. The summed E-state index contributed by atoms with van der Waals surface area (Å²) in [4.78, 5) is 12.4. The normalized spacial score (nSPS) is 14.6. The quantitative estimate of drug-likeness (QED) is 0.595. The van der Waals surface area contributed by atoms with Crippen LogP contribution in [0.4, 0.5) is 5.82 Å². The van der Waals surface area contributed by atoms with Crippen LogP contribution < -0.4 is 15.8 Å². The van der Waals surface area contributed by atoms with E-state index in [-0.39, 0.29) is 5.91 Å². The van der Waals surface area contributed by atoms with E-state index in [4.69, 9.17) is 22.1 Å². The number of halogens is 1. The molecule has 1 aliphatic rings. The molecule has 1 unspecified atom stereocenters. The van der Waals surface area contributed by atoms with Gasteiger partial charge in [0.2, 0.25) is 0 Å². The lowest BCUT2D eigenvalue weighted by Gasteiger charge is -2.11. The predicted octanol–water partition coefficient (Wildman–Crippen LogP) is 3.03. The minimum absolute atomic E-state index is 0.169. The van der Waals surface area contributed by atoms with Crippen LogP contribution in [-0.4, -0.2) is 28.3 Å². The van der Waals surface area contributed by atoms with Gasteiger partial charge in [0, 0.05) is 18.0 Å². The highest BCUT2D eigenvalue weighted by molar-refractivity contribution is 6.30. The molecule has 3 N–H and O–H groups in total. The zero-order chi connectivity index (χ0) is 21.1. The van der Waals surface area contributed by atoms with Crippen molar-refractivity contribution in [3.05, 3.63) is 70.4 Å². The van der Waals surface area contributed by atoms with E-state index in [1.165, 1.54) is 0 Å². The highest BCUT2D eigenvalue weighted by Crippen LogP contribution is 2.31. The van der Waals surface area contributed by atoms with Crippen LogP contribution in [0.2, 0.25) is 5.02 Å². The topological polar surface area (TPSA) is 106 Å². The smallest absolute Gasteiger partial charge is 0.261 e. The van der Waals surface area contributed by atoms with Crippen molar-refractivity contribution in [2.45, 2.75) is 25.4 Å². The number of nitrogen functional groups attached to an aromatic ring is 1. The van der Waals surface area contributed by atoms with Crippen molar-refractivity contribution in [2.24, 2.45) is 0 Å². The first-order valence-corrected chi connectivity index (χ1v) is 10.0. The number of hydrogen-bond donors (Lipinski definition) is 2. The second-order valence-electron chi connectivity index (χ2n) is 7.02. The fourth-order valence-corrected chi connectivity index (χ4v) is 3.68. The van der Waals surface area contributed by atoms with E-state index in [2.05, 4.69) is 16.5 Å². The molecule has 0 bridgehead atoms. The van der Waals surface area contributed by atoms with Crippen molar-refractivity contribution in [3.63, 3.8) is 0 Å². The molecule has 0 saturated heterocycles. The summed E-state index contributed by atoms with van der Waals surface area (Å²) in [6.45, 7) is 0.443. The fraction of sp³-hybridized carbons (Fsp3) is 0.227. The van der Waals surface area contributed by atoms with E-state index in [0.717, 1.165) is 11.3 Å². The first kappa shape index (κ1) is 19.8. The highest BCUT2D eigenvalue weighted by Gasteiger charge is 2.29. The van der Waals surface area contributed by atoms with Gasteiger partial charge in [-0.2, -0.15) is 10.4 Å². The summed E-state index contributed by atoms with van der Waals surface area (Å²) in [6, 6.07) is 16.9. The van der Waals surface area contributed by atoms with Gasteiger partial charge >= 0.3 is 0 Å². The molecule has 2 aromatic carbocycles. The molecular weight excluding hydrogens is 402 g/mol. The molecule has 0 aliphatic carbocycles. The maximum atomic E-state index is 12.4. The van der Waals surface area contributed by atoms with Crippen molar-refractivity contribution >= 4 is 23.3 Å². The van der Waals surface area contributed by atoms with Gasteiger partial charge in [0.25, 0.3) is 5.91 Å². The molecule has 0 spiro atoms. The molecule has 1 aromatic heterocycles. The zero-order valence-corrected chi connectivity index (χ0v) is 16.9. The van der Waals surface area contributed by atoms with Gasteiger partial charge < -0.3 is 15.8 Å². The molecule has 4 rings (SSSR count). The number of aryl methyl sites for hydroxylation is 1. The van der Waals surface area contributed by atoms with Crippen LogP contribution in [0, 0.1) is 11.3 Å². The number of carbonyl (C=O) groups is 1. The minimum atomic E-state index is -0.555. The van der Waals surface area contributed by atoms with Crippen LogP contribution in [0.5, 0.6) is 5.75 Å². The van der Waals surface area contributed by atoms with E-state index < -0.39 is 6.10 Å². The lowest BCUT2D eigenvalue weighted by molar-refractivity contribution is -0.127. The summed E-state index contributed by atoms with van der Waals surface area (Å²) in [5.74, 6) is 0.843. The third-order valence-electron chi connectivity index (χ3n) is 4.99. The van der Waals surface area contributed by atoms with Crippen molar-refractivity contribution in [1.29, 1.82) is 5.26 Å². The Hall–Kier alpha value is -3.50. The third kappa shape index (κ3) is 3.95. The Bertz CT molecular complexity index is 1120. The number of aromatic nitrogens is 2. The molecule has 1 atom stereocenters. The van der Waals surface area contributed by atoms with Gasteiger partial charge in [-0.15, -0.1) is 0 Å². The molecule has 2 heterocycles. The summed E-state index contributed by atoms with van der Waals surface area (Å²) < 4.78 is 7.27. The number of anilines is 1. The molecule has 1 aliphatic heterocycles. The van der Waals surface area contributed by atoms with E-state index in [9.17, 15) is 10.1 Å². The molecule has 8 heteroatoms. The Kier molecular flexibility index (Phi) is 5.59. The maximum Gasteiger partial charge on any atom is 0.261 e. The number of amides is 1. The van der Waals surface area contributed by atoms with E-state index in [0.29, 0.717) is 53.7 Å². The average molecular weight is 422 g/mol. The molecule has 0 saturated carbocycles. The Morgan fingerprint density at radius 3 is 2.90 bits per heavy atom. The predicted molar refractivity (Wildman–Crippen MR) is 114 cm³/mol. The van der Waals surface area contributed by atoms with Crippen molar-refractivity contribution in [1.82, 2.24) is 15.1 Å². The van der Waals surface area contributed by atoms with E-state index in [1.807, 2.05) is 36.4 Å². The minimum Gasteiger partial charge on any atom is -0.480 e. The average Bonchev–Trinajstić information content (AvgIpc) is 3.32. The van der Waals surface area contributed by atoms with Gasteiger partial charge in [0.15, 0.2) is 6.10 Å². The standard InChI is InChI=1S/C22H20ClN5O2/c23-15-8-9-19-14(11-15)12-20(30-19)22(29)26-10-4-7-18-17(13-24)21(25)28(27-18)16-5-2-1-3-6-16/h1-3,5-6,8-9,11,20H,4,7,10,12,25H2,(H,26,29). The number of para-hydroxylation sites is 1. The summed E-state index contributed by atoms with van der Waals surface area (Å²) in [6.07, 6.45) is 1.09. The number of benzene rings is 2. The zero-order valence-electron chi connectivity index (χ0n) is 16.1. The lowest BCUT2D eigenvalue weighted by atomic mass is 10.1. The van der Waals surface area contributed by atoms with E-state index >= 15 is 0 Å². The van der Waals surface area contributed by atoms with Crippen molar-refractivity contribution < 1.29 is 9.53 Å². The number of rotatable bonds is 6. The molecule has 7 nitrogen and oxygen atoms in total. The molecule has 0 radical (unpaired) electrons. The van der Waals surface area contributed by atoms with Crippen LogP contribution in [-0.2, 0) is 17.6 Å². The largest absolute Gasteiger partial charge is 0.480 e. The second-order valence-corrected chi connectivity index (χ2v) is 7.46. The number of carbonyl (C=O) groups excluding carboxylic acids is 1. The molecule has 3 aromatic rings. The van der Waals surface area contributed by atoms with Gasteiger partial charge in [-0.3, -0.25) is 4.79 Å². The van der Waals surface area contributed by atoms with Crippen LogP contribution in [0.25, 0.3) is 5.69 Å². The molecule has 30 heavy (non-hydrogen) atoms. The first-order valence-electron chi connectivity index (χ1n) is 9.62. The van der Waals surface area contributed by atoms with E-state index in [1.54, 1.807) is 16.8 Å². The summed E-state index contributed by atoms with van der Waals surface area (Å²) in [5, 5.41) is 17.5. The first-order chi connectivity index (χ1) is 14.6. The van der Waals surface area contributed by atoms with Crippen LogP contribution in [0.3, 0.4) is 0 Å². The van der Waals surface area contributed by atoms with Crippen molar-refractivity contribution in [2.75, 3.05) is 12.3 Å². The molecule has 0 fully saturated rings. The second kappa shape index (κ2) is 8.47. The Labute approximate surface area is 179 Å². The number of nitrogens with two attached hydrogens (primary N) is 1. The van der Waals surface area contributed by atoms with Crippen LogP contribution in [0.1, 0.15) is 23.2 Å². The third-order valence-corrected chi connectivity index (χ3v) is 5.22. The Balaban J connectivity index is 1.33. The van der Waals surface area contributed by atoms with Gasteiger partial charge in [-0.25, -0.2) is 4.68 Å². The van der Waals surface area contributed by atoms with Crippen LogP contribution >= 0.6 is 11.6 Å².